The van der Waals surface area contributed by atoms with Gasteiger partial charge in [-0.2, -0.15) is 0 Å². The number of nitrogens with zero attached hydrogens (tertiary/aromatic N) is 2. The van der Waals surface area contributed by atoms with E-state index in [4.69, 9.17) is 4.98 Å². The summed E-state index contributed by atoms with van der Waals surface area (Å²) >= 11 is 1.52. The van der Waals surface area contributed by atoms with Crippen LogP contribution in [0.5, 0.6) is 0 Å². The van der Waals surface area contributed by atoms with Crippen molar-refractivity contribution in [2.75, 3.05) is 4.90 Å². The maximum absolute atomic E-state index is 13.1. The minimum absolute atomic E-state index is 0.180. The van der Waals surface area contributed by atoms with Crippen LogP contribution < -0.4 is 4.90 Å². The molecule has 2 heterocycles. The number of ketones is 2. The van der Waals surface area contributed by atoms with E-state index in [0.717, 1.165) is 32.8 Å². The summed E-state index contributed by atoms with van der Waals surface area (Å²) in [6, 6.07) is 30.2. The predicted molar refractivity (Wildman–Crippen MR) is 150 cm³/mol. The zero-order valence-electron chi connectivity index (χ0n) is 20.4. The molecule has 0 bridgehead atoms. The number of thiazole rings is 1. The molecule has 0 amide bonds. The lowest BCUT2D eigenvalue weighted by atomic mass is 9.78. The minimum Gasteiger partial charge on any atom is -0.299 e. The Morgan fingerprint density at radius 3 is 2.16 bits per heavy atom. The van der Waals surface area contributed by atoms with Crippen LogP contribution in [0, 0.1) is 0 Å². The van der Waals surface area contributed by atoms with Crippen LogP contribution in [-0.2, 0) is 5.41 Å². The summed E-state index contributed by atoms with van der Waals surface area (Å²) in [6.07, 6.45) is 1.68. The number of anilines is 3. The zero-order valence-corrected chi connectivity index (χ0v) is 21.2. The van der Waals surface area contributed by atoms with Crippen molar-refractivity contribution >= 4 is 56.1 Å². The van der Waals surface area contributed by atoms with Crippen LogP contribution in [0.15, 0.2) is 96.6 Å². The summed E-state index contributed by atoms with van der Waals surface area (Å²) in [5.41, 5.74) is 5.05. The lowest BCUT2D eigenvalue weighted by molar-refractivity contribution is 0.0990. The molecule has 2 aliphatic rings. The van der Waals surface area contributed by atoms with Crippen molar-refractivity contribution in [2.45, 2.75) is 19.3 Å². The van der Waals surface area contributed by atoms with Gasteiger partial charge in [-0.15, -0.1) is 0 Å². The van der Waals surface area contributed by atoms with Crippen molar-refractivity contribution in [3.63, 3.8) is 0 Å². The average Bonchev–Trinajstić information content (AvgIpc) is 3.45. The Labute approximate surface area is 218 Å². The molecule has 0 spiro atoms. The molecule has 178 valence electrons. The highest BCUT2D eigenvalue weighted by Gasteiger charge is 2.41. The molecule has 37 heavy (non-hydrogen) atoms. The van der Waals surface area contributed by atoms with Gasteiger partial charge in [0.05, 0.1) is 22.6 Å². The highest BCUT2D eigenvalue weighted by Crippen LogP contribution is 2.54. The van der Waals surface area contributed by atoms with Crippen LogP contribution >= 0.6 is 11.3 Å². The van der Waals surface area contributed by atoms with Crippen LogP contribution in [-0.4, -0.2) is 16.6 Å². The molecule has 0 N–H and O–H groups in total. The summed E-state index contributed by atoms with van der Waals surface area (Å²) in [4.78, 5) is 33.5. The number of para-hydroxylation sites is 1. The molecule has 1 aromatic heterocycles. The molecule has 4 nitrogen and oxygen atoms in total. The smallest absolute Gasteiger partial charge is 0.197 e. The van der Waals surface area contributed by atoms with Gasteiger partial charge in [-0.25, -0.2) is 4.98 Å². The number of aromatic nitrogens is 1. The zero-order chi connectivity index (χ0) is 25.3. The Morgan fingerprint density at radius 1 is 0.757 bits per heavy atom. The molecule has 0 radical (unpaired) electrons. The second kappa shape index (κ2) is 7.82. The summed E-state index contributed by atoms with van der Waals surface area (Å²) in [7, 11) is 0. The standard InChI is InChI=1S/C32H22N2O2S/c1-32(2)24-15-7-8-16-26(24)34(25-17-9-11-19-10-3-4-12-20(19)25)31-30(32)33-27(37-31)18-23-28(35)21-13-5-6-14-22(21)29(23)36/h3-18H,1-2H3. The quantitative estimate of drug-likeness (QED) is 0.184. The molecule has 0 saturated heterocycles. The Kier molecular flexibility index (Phi) is 4.63. The van der Waals surface area contributed by atoms with Gasteiger partial charge in [0.25, 0.3) is 0 Å². The summed E-state index contributed by atoms with van der Waals surface area (Å²) in [5.74, 6) is -0.468. The fourth-order valence-corrected chi connectivity index (χ4v) is 6.75. The molecule has 0 atom stereocenters. The molecule has 0 fully saturated rings. The van der Waals surface area contributed by atoms with Crippen molar-refractivity contribution in [1.29, 1.82) is 0 Å². The van der Waals surface area contributed by atoms with E-state index in [1.54, 1.807) is 30.3 Å². The number of hydrogen-bond acceptors (Lipinski definition) is 5. The largest absolute Gasteiger partial charge is 0.299 e. The van der Waals surface area contributed by atoms with Gasteiger partial charge in [0.1, 0.15) is 10.0 Å². The molecule has 0 unspecified atom stereocenters. The van der Waals surface area contributed by atoms with E-state index in [2.05, 4.69) is 85.5 Å². The van der Waals surface area contributed by atoms with Crippen LogP contribution in [0.2, 0.25) is 0 Å². The number of hydrogen-bond donors (Lipinski definition) is 0. The van der Waals surface area contributed by atoms with Crippen LogP contribution in [0.4, 0.5) is 16.4 Å². The van der Waals surface area contributed by atoms with Crippen molar-refractivity contribution < 1.29 is 9.59 Å². The van der Waals surface area contributed by atoms with E-state index in [0.29, 0.717) is 16.1 Å². The van der Waals surface area contributed by atoms with Crippen LogP contribution in [0.3, 0.4) is 0 Å². The lowest BCUT2D eigenvalue weighted by Crippen LogP contribution is -2.30. The predicted octanol–water partition coefficient (Wildman–Crippen LogP) is 7.87. The minimum atomic E-state index is -0.354. The highest BCUT2D eigenvalue weighted by molar-refractivity contribution is 7.17. The normalized spacial score (nSPS) is 15.5. The number of carbonyl (C=O) groups excluding carboxylic acids is 2. The number of carbonyl (C=O) groups is 2. The number of Topliss-reactive ketones (excluding diaryl/α,β-unsaturated/α-hetero) is 2. The number of fused-ring (bicyclic) bond motifs is 4. The fourth-order valence-electron chi connectivity index (χ4n) is 5.55. The monoisotopic (exact) mass is 498 g/mol. The van der Waals surface area contributed by atoms with E-state index in [-0.39, 0.29) is 22.6 Å². The molecular formula is C32H22N2O2S. The van der Waals surface area contributed by atoms with E-state index < -0.39 is 0 Å². The first-order valence-corrected chi connectivity index (χ1v) is 13.1. The summed E-state index contributed by atoms with van der Waals surface area (Å²) in [5, 5.41) is 3.97. The molecule has 7 rings (SSSR count). The Bertz CT molecular complexity index is 1770. The SMILES string of the molecule is CC1(C)c2ccccc2N(c2cccc3ccccc23)c2sc(C=C3C(=O)c4ccccc4C3=O)nc21. The van der Waals surface area contributed by atoms with Gasteiger partial charge in [0.2, 0.25) is 0 Å². The van der Waals surface area contributed by atoms with E-state index in [1.165, 1.54) is 16.9 Å². The molecule has 5 aromatic rings. The maximum Gasteiger partial charge on any atom is 0.197 e. The molecule has 1 aliphatic carbocycles. The second-order valence-electron chi connectivity index (χ2n) is 9.94. The third-order valence-electron chi connectivity index (χ3n) is 7.42. The number of allylic oxidation sites excluding steroid dienone is 1. The van der Waals surface area contributed by atoms with Crippen molar-refractivity contribution in [3.8, 4) is 0 Å². The van der Waals surface area contributed by atoms with Gasteiger partial charge in [-0.1, -0.05) is 90.2 Å². The van der Waals surface area contributed by atoms with Crippen molar-refractivity contribution in [1.82, 2.24) is 4.98 Å². The Balaban J connectivity index is 1.45. The Morgan fingerprint density at radius 2 is 1.38 bits per heavy atom. The van der Waals surface area contributed by atoms with Crippen molar-refractivity contribution in [3.05, 3.63) is 124 Å². The van der Waals surface area contributed by atoms with Gasteiger partial charge < -0.3 is 0 Å². The number of rotatable bonds is 2. The van der Waals surface area contributed by atoms with Gasteiger partial charge in [-0.05, 0) is 43.0 Å². The van der Waals surface area contributed by atoms with E-state index in [9.17, 15) is 9.59 Å². The lowest BCUT2D eigenvalue weighted by Gasteiger charge is -2.39. The number of benzene rings is 4. The van der Waals surface area contributed by atoms with E-state index in [1.807, 2.05) is 0 Å². The molecular weight excluding hydrogens is 476 g/mol. The first kappa shape index (κ1) is 21.9. The average molecular weight is 499 g/mol. The van der Waals surface area contributed by atoms with Crippen LogP contribution in [0.1, 0.15) is 50.8 Å². The molecule has 1 aliphatic heterocycles. The van der Waals surface area contributed by atoms with Gasteiger partial charge in [0, 0.05) is 21.9 Å². The third kappa shape index (κ3) is 3.11. The Hall–Kier alpha value is -4.35. The van der Waals surface area contributed by atoms with E-state index >= 15 is 0 Å². The third-order valence-corrected chi connectivity index (χ3v) is 8.41. The summed E-state index contributed by atoms with van der Waals surface area (Å²) in [6.45, 7) is 4.37. The van der Waals surface area contributed by atoms with Gasteiger partial charge >= 0.3 is 0 Å². The fraction of sp³-hybridized carbons (Fsp3) is 0.0938. The van der Waals surface area contributed by atoms with Crippen LogP contribution in [0.25, 0.3) is 16.8 Å². The summed E-state index contributed by atoms with van der Waals surface area (Å²) < 4.78 is 0. The van der Waals surface area contributed by atoms with Crippen molar-refractivity contribution in [2.24, 2.45) is 0 Å². The highest BCUT2D eigenvalue weighted by atomic mass is 32.1. The molecule has 5 heteroatoms. The van der Waals surface area contributed by atoms with Gasteiger partial charge in [0.15, 0.2) is 11.6 Å². The topological polar surface area (TPSA) is 50.3 Å². The molecule has 0 saturated carbocycles. The molecule has 4 aromatic carbocycles. The van der Waals surface area contributed by atoms with Gasteiger partial charge in [-0.3, -0.25) is 14.5 Å². The second-order valence-corrected chi connectivity index (χ2v) is 11.0. The first-order chi connectivity index (χ1) is 17.9. The maximum atomic E-state index is 13.1. The first-order valence-electron chi connectivity index (χ1n) is 12.2.